The van der Waals surface area contributed by atoms with Gasteiger partial charge in [-0.25, -0.2) is 0 Å². The minimum atomic E-state index is -0.0953. The van der Waals surface area contributed by atoms with Gasteiger partial charge in [0.25, 0.3) is 0 Å². The molecule has 1 unspecified atom stereocenters. The highest BCUT2D eigenvalue weighted by Gasteiger charge is 2.14. The first-order valence-electron chi connectivity index (χ1n) is 5.60. The maximum absolute atomic E-state index is 10.8. The van der Waals surface area contributed by atoms with E-state index in [2.05, 4.69) is 0 Å². The maximum atomic E-state index is 10.8. The highest BCUT2D eigenvalue weighted by atomic mass is 16.5. The van der Waals surface area contributed by atoms with E-state index >= 15 is 0 Å². The summed E-state index contributed by atoms with van der Waals surface area (Å²) in [4.78, 5) is 10.8. The second-order valence-corrected chi connectivity index (χ2v) is 3.70. The zero-order valence-corrected chi connectivity index (χ0v) is 8.96. The molecule has 0 N–H and O–H groups in total. The lowest BCUT2D eigenvalue weighted by atomic mass is 10.1. The van der Waals surface area contributed by atoms with Crippen LogP contribution in [0.15, 0.2) is 0 Å². The monoisotopic (exact) mass is 200 g/mol. The van der Waals surface area contributed by atoms with E-state index in [-0.39, 0.29) is 5.97 Å². The van der Waals surface area contributed by atoms with Crippen molar-refractivity contribution in [2.75, 3.05) is 13.2 Å². The van der Waals surface area contributed by atoms with Gasteiger partial charge in [0.05, 0.1) is 12.7 Å². The third-order valence-electron chi connectivity index (χ3n) is 2.50. The number of unbranched alkanes of at least 4 members (excludes halogenated alkanes) is 1. The number of ether oxygens (including phenoxy) is 2. The van der Waals surface area contributed by atoms with Crippen molar-refractivity contribution in [2.24, 2.45) is 0 Å². The Bertz CT molecular complexity index is 162. The van der Waals surface area contributed by atoms with Gasteiger partial charge in [-0.1, -0.05) is 6.92 Å². The smallest absolute Gasteiger partial charge is 0.305 e. The van der Waals surface area contributed by atoms with Crippen LogP contribution in [0.4, 0.5) is 0 Å². The van der Waals surface area contributed by atoms with E-state index in [1.165, 1.54) is 12.8 Å². The molecular weight excluding hydrogens is 180 g/mol. The van der Waals surface area contributed by atoms with Crippen LogP contribution in [0.3, 0.4) is 0 Å². The van der Waals surface area contributed by atoms with Crippen molar-refractivity contribution < 1.29 is 14.3 Å². The van der Waals surface area contributed by atoms with E-state index < -0.39 is 0 Å². The molecule has 3 nitrogen and oxygen atoms in total. The highest BCUT2D eigenvalue weighted by Crippen LogP contribution is 2.17. The van der Waals surface area contributed by atoms with Crippen LogP contribution in [0.1, 0.15) is 45.4 Å². The Labute approximate surface area is 85.8 Å². The minimum absolute atomic E-state index is 0.0953. The van der Waals surface area contributed by atoms with Gasteiger partial charge in [-0.2, -0.15) is 0 Å². The summed E-state index contributed by atoms with van der Waals surface area (Å²) in [6, 6.07) is 0. The molecule has 0 saturated carbocycles. The fourth-order valence-electron chi connectivity index (χ4n) is 1.63. The van der Waals surface area contributed by atoms with Crippen molar-refractivity contribution >= 4 is 5.97 Å². The van der Waals surface area contributed by atoms with Gasteiger partial charge in [0.2, 0.25) is 0 Å². The maximum Gasteiger partial charge on any atom is 0.305 e. The molecule has 1 rings (SSSR count). The molecule has 3 heteroatoms. The molecule has 0 bridgehead atoms. The fourth-order valence-corrected chi connectivity index (χ4v) is 1.63. The predicted octanol–water partition coefficient (Wildman–Crippen LogP) is 2.29. The van der Waals surface area contributed by atoms with Crippen LogP contribution >= 0.6 is 0 Å². The summed E-state index contributed by atoms with van der Waals surface area (Å²) in [6.07, 6.45) is 6.53. The van der Waals surface area contributed by atoms with Gasteiger partial charge in [0, 0.05) is 13.0 Å². The number of carbonyl (C=O) groups excluding carboxylic acids is 1. The van der Waals surface area contributed by atoms with E-state index in [9.17, 15) is 4.79 Å². The molecule has 0 aliphatic carbocycles. The Balaban J connectivity index is 1.86. The van der Waals surface area contributed by atoms with Crippen LogP contribution in [-0.4, -0.2) is 25.3 Å². The van der Waals surface area contributed by atoms with Crippen LogP contribution < -0.4 is 0 Å². The predicted molar refractivity (Wildman–Crippen MR) is 54.1 cm³/mol. The molecule has 0 radical (unpaired) electrons. The summed E-state index contributed by atoms with van der Waals surface area (Å²) >= 11 is 0. The number of hydrogen-bond donors (Lipinski definition) is 0. The van der Waals surface area contributed by atoms with Crippen molar-refractivity contribution in [3.8, 4) is 0 Å². The molecule has 0 aromatic heterocycles. The molecule has 1 aliphatic heterocycles. The minimum Gasteiger partial charge on any atom is -0.466 e. The molecule has 1 aliphatic rings. The lowest BCUT2D eigenvalue weighted by molar-refractivity contribution is -0.143. The first kappa shape index (κ1) is 11.5. The van der Waals surface area contributed by atoms with E-state index in [4.69, 9.17) is 9.47 Å². The number of rotatable bonds is 6. The van der Waals surface area contributed by atoms with Crippen molar-refractivity contribution in [1.82, 2.24) is 0 Å². The average molecular weight is 200 g/mol. The summed E-state index contributed by atoms with van der Waals surface area (Å²) < 4.78 is 10.5. The average Bonchev–Trinajstić information content (AvgIpc) is 2.69. The topological polar surface area (TPSA) is 35.5 Å². The number of hydrogen-bond acceptors (Lipinski definition) is 3. The Kier molecular flexibility index (Phi) is 5.60. The first-order valence-corrected chi connectivity index (χ1v) is 5.60. The fraction of sp³-hybridized carbons (Fsp3) is 0.909. The van der Waals surface area contributed by atoms with Crippen LogP contribution in [0, 0.1) is 0 Å². The second kappa shape index (κ2) is 6.82. The molecule has 1 heterocycles. The van der Waals surface area contributed by atoms with Gasteiger partial charge in [-0.3, -0.25) is 4.79 Å². The van der Waals surface area contributed by atoms with Crippen LogP contribution in [0.25, 0.3) is 0 Å². The SMILES string of the molecule is CCC(=O)OCCCCC1CCCO1. The molecule has 1 saturated heterocycles. The molecule has 0 spiro atoms. The van der Waals surface area contributed by atoms with Crippen molar-refractivity contribution in [3.05, 3.63) is 0 Å². The molecule has 14 heavy (non-hydrogen) atoms. The van der Waals surface area contributed by atoms with Gasteiger partial charge in [0.15, 0.2) is 0 Å². The van der Waals surface area contributed by atoms with Crippen molar-refractivity contribution in [1.29, 1.82) is 0 Å². The van der Waals surface area contributed by atoms with Gasteiger partial charge in [-0.05, 0) is 32.1 Å². The van der Waals surface area contributed by atoms with Crippen molar-refractivity contribution in [3.63, 3.8) is 0 Å². The third kappa shape index (κ3) is 4.61. The van der Waals surface area contributed by atoms with Gasteiger partial charge in [-0.15, -0.1) is 0 Å². The Morgan fingerprint density at radius 3 is 3.00 bits per heavy atom. The second-order valence-electron chi connectivity index (χ2n) is 3.70. The number of esters is 1. The van der Waals surface area contributed by atoms with E-state index in [1.807, 2.05) is 6.92 Å². The van der Waals surface area contributed by atoms with E-state index in [0.717, 1.165) is 25.9 Å². The van der Waals surface area contributed by atoms with Crippen LogP contribution in [0.5, 0.6) is 0 Å². The van der Waals surface area contributed by atoms with Crippen molar-refractivity contribution in [2.45, 2.75) is 51.6 Å². The van der Waals surface area contributed by atoms with Crippen LogP contribution in [-0.2, 0) is 14.3 Å². The van der Waals surface area contributed by atoms with Gasteiger partial charge >= 0.3 is 5.97 Å². The van der Waals surface area contributed by atoms with Gasteiger partial charge < -0.3 is 9.47 Å². The third-order valence-corrected chi connectivity index (χ3v) is 2.50. The Hall–Kier alpha value is -0.570. The lowest BCUT2D eigenvalue weighted by Crippen LogP contribution is -2.07. The first-order chi connectivity index (χ1) is 6.83. The molecule has 0 aromatic rings. The summed E-state index contributed by atoms with van der Waals surface area (Å²) in [7, 11) is 0. The van der Waals surface area contributed by atoms with Crippen LogP contribution in [0.2, 0.25) is 0 Å². The molecule has 1 atom stereocenters. The lowest BCUT2D eigenvalue weighted by Gasteiger charge is -2.08. The van der Waals surface area contributed by atoms with E-state index in [1.54, 1.807) is 0 Å². The molecule has 1 fully saturated rings. The Morgan fingerprint density at radius 2 is 2.36 bits per heavy atom. The number of carbonyl (C=O) groups is 1. The zero-order chi connectivity index (χ0) is 10.2. The summed E-state index contributed by atoms with van der Waals surface area (Å²) in [5.41, 5.74) is 0. The summed E-state index contributed by atoms with van der Waals surface area (Å²) in [5.74, 6) is -0.0953. The normalized spacial score (nSPS) is 21.1. The summed E-state index contributed by atoms with van der Waals surface area (Å²) in [6.45, 7) is 3.31. The van der Waals surface area contributed by atoms with E-state index in [0.29, 0.717) is 19.1 Å². The quantitative estimate of drug-likeness (QED) is 0.487. The standard InChI is InChI=1S/C11H20O3/c1-2-11(12)14-8-4-3-6-10-7-5-9-13-10/h10H,2-9H2,1H3. The Morgan fingerprint density at radius 1 is 1.50 bits per heavy atom. The highest BCUT2D eigenvalue weighted by molar-refractivity contribution is 5.68. The molecule has 0 amide bonds. The molecule has 82 valence electrons. The largest absolute Gasteiger partial charge is 0.466 e. The molecular formula is C11H20O3. The zero-order valence-electron chi connectivity index (χ0n) is 8.96. The molecule has 0 aromatic carbocycles. The van der Waals surface area contributed by atoms with Gasteiger partial charge in [0.1, 0.15) is 0 Å². The summed E-state index contributed by atoms with van der Waals surface area (Å²) in [5, 5.41) is 0.